The van der Waals surface area contributed by atoms with Gasteiger partial charge in [0, 0.05) is 11.8 Å². The molecule has 0 aliphatic heterocycles. The summed E-state index contributed by atoms with van der Waals surface area (Å²) in [7, 11) is 0. The molecular formula is C17H12F3N7O. The van der Waals surface area contributed by atoms with Crippen molar-refractivity contribution in [1.29, 1.82) is 0 Å². The number of hydrogen-bond donors (Lipinski definition) is 1. The standard InChI is InChI=1S/C17H12F3N7O/c18-12(19)7-26-8-24-15(9-1-3-13(20)22-5-9)16(26)10-2-4-14-23-6-11(17(21)28)27(14)25-10/h1-6,8,12H,7H2,(H2,21,28). The second-order valence-electron chi connectivity index (χ2n) is 5.85. The zero-order valence-electron chi connectivity index (χ0n) is 14.1. The maximum atomic E-state index is 13.2. The Hall–Kier alpha value is -3.76. The average Bonchev–Trinajstić information content (AvgIpc) is 3.25. The van der Waals surface area contributed by atoms with Gasteiger partial charge >= 0.3 is 0 Å². The van der Waals surface area contributed by atoms with E-state index in [2.05, 4.69) is 20.1 Å². The van der Waals surface area contributed by atoms with E-state index in [4.69, 9.17) is 5.73 Å². The summed E-state index contributed by atoms with van der Waals surface area (Å²) >= 11 is 0. The molecule has 8 nitrogen and oxygen atoms in total. The van der Waals surface area contributed by atoms with Gasteiger partial charge in [0.2, 0.25) is 5.95 Å². The summed E-state index contributed by atoms with van der Waals surface area (Å²) in [5, 5.41) is 4.32. The molecule has 0 spiro atoms. The van der Waals surface area contributed by atoms with Gasteiger partial charge in [-0.15, -0.1) is 0 Å². The van der Waals surface area contributed by atoms with Crippen LogP contribution in [0.4, 0.5) is 13.2 Å². The molecule has 0 aliphatic rings. The Morgan fingerprint density at radius 2 is 1.93 bits per heavy atom. The number of hydrogen-bond acceptors (Lipinski definition) is 5. The first-order valence-corrected chi connectivity index (χ1v) is 8.04. The van der Waals surface area contributed by atoms with E-state index in [1.54, 1.807) is 12.1 Å². The molecule has 0 saturated heterocycles. The molecule has 0 saturated carbocycles. The summed E-state index contributed by atoms with van der Waals surface area (Å²) in [5.74, 6) is -1.41. The van der Waals surface area contributed by atoms with Crippen molar-refractivity contribution in [2.75, 3.05) is 0 Å². The van der Waals surface area contributed by atoms with Gasteiger partial charge in [-0.2, -0.15) is 9.49 Å². The number of pyridine rings is 1. The molecule has 4 rings (SSSR count). The van der Waals surface area contributed by atoms with Crippen LogP contribution in [0.3, 0.4) is 0 Å². The highest BCUT2D eigenvalue weighted by molar-refractivity contribution is 5.91. The molecule has 11 heteroatoms. The minimum atomic E-state index is -2.63. The molecule has 0 radical (unpaired) electrons. The molecule has 0 aliphatic carbocycles. The number of nitrogens with two attached hydrogens (primary N) is 1. The van der Waals surface area contributed by atoms with Crippen LogP contribution >= 0.6 is 0 Å². The fourth-order valence-electron chi connectivity index (χ4n) is 2.83. The molecule has 0 unspecified atom stereocenters. The lowest BCUT2D eigenvalue weighted by Crippen LogP contribution is -2.15. The lowest BCUT2D eigenvalue weighted by Gasteiger charge is -2.10. The summed E-state index contributed by atoms with van der Waals surface area (Å²) in [5.41, 5.74) is 6.96. The Balaban J connectivity index is 1.93. The van der Waals surface area contributed by atoms with Gasteiger partial charge in [-0.05, 0) is 24.3 Å². The van der Waals surface area contributed by atoms with Crippen molar-refractivity contribution in [3.05, 3.63) is 54.6 Å². The molecule has 0 bridgehead atoms. The van der Waals surface area contributed by atoms with Crippen LogP contribution in [0.15, 0.2) is 43.0 Å². The van der Waals surface area contributed by atoms with Crippen LogP contribution in [0.1, 0.15) is 10.5 Å². The monoisotopic (exact) mass is 387 g/mol. The molecule has 4 heterocycles. The SMILES string of the molecule is NC(=O)c1cnc2ccc(-c3c(-c4ccc(F)nc4)ncn3CC(F)F)nn12. The van der Waals surface area contributed by atoms with E-state index >= 15 is 0 Å². The molecule has 28 heavy (non-hydrogen) atoms. The Morgan fingerprint density at radius 3 is 2.61 bits per heavy atom. The third-order valence-electron chi connectivity index (χ3n) is 4.03. The molecule has 0 aromatic carbocycles. The molecule has 0 fully saturated rings. The van der Waals surface area contributed by atoms with Gasteiger partial charge in [-0.3, -0.25) is 4.79 Å². The fraction of sp³-hybridized carbons (Fsp3) is 0.118. The van der Waals surface area contributed by atoms with Gasteiger partial charge < -0.3 is 10.3 Å². The van der Waals surface area contributed by atoms with E-state index < -0.39 is 24.8 Å². The van der Waals surface area contributed by atoms with E-state index in [0.717, 1.165) is 6.07 Å². The smallest absolute Gasteiger partial charge is 0.269 e. The van der Waals surface area contributed by atoms with Gasteiger partial charge in [-0.1, -0.05) is 0 Å². The second kappa shape index (κ2) is 6.76. The largest absolute Gasteiger partial charge is 0.364 e. The highest BCUT2D eigenvalue weighted by Crippen LogP contribution is 2.30. The summed E-state index contributed by atoms with van der Waals surface area (Å²) < 4.78 is 41.7. The van der Waals surface area contributed by atoms with Gasteiger partial charge in [0.05, 0.1) is 30.5 Å². The number of imidazole rings is 2. The predicted octanol–water partition coefficient (Wildman–Crippen LogP) is 2.16. The number of aromatic nitrogens is 6. The first-order valence-electron chi connectivity index (χ1n) is 8.04. The highest BCUT2D eigenvalue weighted by atomic mass is 19.3. The van der Waals surface area contributed by atoms with Gasteiger partial charge in [0.25, 0.3) is 12.3 Å². The molecule has 4 aromatic rings. The van der Waals surface area contributed by atoms with Crippen LogP contribution < -0.4 is 5.73 Å². The van der Waals surface area contributed by atoms with Crippen LogP contribution in [-0.4, -0.2) is 41.5 Å². The first kappa shape index (κ1) is 17.6. The number of primary amides is 1. The normalized spacial score (nSPS) is 11.4. The molecule has 4 aromatic heterocycles. The molecule has 142 valence electrons. The van der Waals surface area contributed by atoms with Crippen LogP contribution in [-0.2, 0) is 6.54 Å². The topological polar surface area (TPSA) is 104 Å². The van der Waals surface area contributed by atoms with Crippen molar-refractivity contribution in [3.63, 3.8) is 0 Å². The highest BCUT2D eigenvalue weighted by Gasteiger charge is 2.20. The molecule has 2 N–H and O–H groups in total. The lowest BCUT2D eigenvalue weighted by molar-refractivity contribution is 0.0993. The van der Waals surface area contributed by atoms with Crippen LogP contribution in [0, 0.1) is 5.95 Å². The zero-order valence-corrected chi connectivity index (χ0v) is 14.1. The van der Waals surface area contributed by atoms with Gasteiger partial charge in [-0.25, -0.2) is 28.2 Å². The number of nitrogens with zero attached hydrogens (tertiary/aromatic N) is 6. The number of carbonyl (C=O) groups excluding carboxylic acids is 1. The summed E-state index contributed by atoms with van der Waals surface area (Å²) in [4.78, 5) is 23.4. The third-order valence-corrected chi connectivity index (χ3v) is 4.03. The van der Waals surface area contributed by atoms with Crippen molar-refractivity contribution < 1.29 is 18.0 Å². The number of amides is 1. The average molecular weight is 387 g/mol. The second-order valence-corrected chi connectivity index (χ2v) is 5.85. The van der Waals surface area contributed by atoms with Crippen molar-refractivity contribution in [3.8, 4) is 22.6 Å². The maximum Gasteiger partial charge on any atom is 0.269 e. The van der Waals surface area contributed by atoms with Crippen LogP contribution in [0.5, 0.6) is 0 Å². The summed E-state index contributed by atoms with van der Waals surface area (Å²) in [6, 6.07) is 5.71. The molecular weight excluding hydrogens is 375 g/mol. The van der Waals surface area contributed by atoms with Crippen LogP contribution in [0.2, 0.25) is 0 Å². The Kier molecular flexibility index (Phi) is 4.26. The fourth-order valence-corrected chi connectivity index (χ4v) is 2.83. The number of fused-ring (bicyclic) bond motifs is 1. The van der Waals surface area contributed by atoms with E-state index in [9.17, 15) is 18.0 Å². The summed E-state index contributed by atoms with van der Waals surface area (Å²) in [6.45, 7) is -0.622. The number of rotatable bonds is 5. The maximum absolute atomic E-state index is 13.2. The van der Waals surface area contributed by atoms with Gasteiger partial charge in [0.15, 0.2) is 5.65 Å². The predicted molar refractivity (Wildman–Crippen MR) is 91.9 cm³/mol. The van der Waals surface area contributed by atoms with E-state index in [0.29, 0.717) is 16.9 Å². The molecule has 1 amide bonds. The summed E-state index contributed by atoms with van der Waals surface area (Å²) in [6.07, 6.45) is 1.13. The zero-order chi connectivity index (χ0) is 19.8. The van der Waals surface area contributed by atoms with Gasteiger partial charge in [0.1, 0.15) is 11.4 Å². The minimum absolute atomic E-state index is 0.0433. The van der Waals surface area contributed by atoms with Crippen molar-refractivity contribution in [1.82, 2.24) is 29.1 Å². The number of carbonyl (C=O) groups is 1. The van der Waals surface area contributed by atoms with Crippen molar-refractivity contribution in [2.45, 2.75) is 13.0 Å². The van der Waals surface area contributed by atoms with Crippen molar-refractivity contribution >= 4 is 11.6 Å². The van der Waals surface area contributed by atoms with Crippen LogP contribution in [0.25, 0.3) is 28.3 Å². The Labute approximate surface area is 155 Å². The first-order chi connectivity index (χ1) is 13.4. The van der Waals surface area contributed by atoms with E-state index in [1.807, 2.05) is 0 Å². The lowest BCUT2D eigenvalue weighted by atomic mass is 10.1. The van der Waals surface area contributed by atoms with Crippen molar-refractivity contribution in [2.24, 2.45) is 5.73 Å². The Morgan fingerprint density at radius 1 is 1.11 bits per heavy atom. The third kappa shape index (κ3) is 3.06. The number of halogens is 3. The number of alkyl halides is 2. The van der Waals surface area contributed by atoms with E-state index in [-0.39, 0.29) is 17.1 Å². The minimum Gasteiger partial charge on any atom is -0.364 e. The Bertz CT molecular complexity index is 1170. The van der Waals surface area contributed by atoms with E-state index in [1.165, 1.54) is 33.9 Å². The molecule has 0 atom stereocenters. The quantitative estimate of drug-likeness (QED) is 0.529.